The molecule has 1 fully saturated rings. The Bertz CT molecular complexity index is 393. The second-order valence-electron chi connectivity index (χ2n) is 6.47. The van der Waals surface area contributed by atoms with Crippen molar-refractivity contribution in [2.45, 2.75) is 71.3 Å². The van der Waals surface area contributed by atoms with Gasteiger partial charge < -0.3 is 9.63 Å². The predicted octanol–water partition coefficient (Wildman–Crippen LogP) is 3.48. The van der Waals surface area contributed by atoms with E-state index in [9.17, 15) is 5.11 Å². The van der Waals surface area contributed by atoms with Gasteiger partial charge in [0.2, 0.25) is 5.89 Å². The second-order valence-corrected chi connectivity index (χ2v) is 6.47. The molecule has 1 N–H and O–H groups in total. The molecule has 0 aliphatic heterocycles. The first kappa shape index (κ1) is 14.5. The summed E-state index contributed by atoms with van der Waals surface area (Å²) in [4.78, 5) is 4.57. The molecule has 0 spiro atoms. The van der Waals surface area contributed by atoms with E-state index in [1.54, 1.807) is 6.92 Å². The maximum absolute atomic E-state index is 9.87. The highest BCUT2D eigenvalue weighted by Crippen LogP contribution is 2.35. The molecular weight excluding hydrogens is 240 g/mol. The molecular formula is C15H26N2O2. The zero-order chi connectivity index (χ0) is 14.0. The van der Waals surface area contributed by atoms with Crippen LogP contribution in [-0.2, 0) is 0 Å². The van der Waals surface area contributed by atoms with Crippen LogP contribution in [0.15, 0.2) is 4.52 Å². The zero-order valence-corrected chi connectivity index (χ0v) is 12.5. The molecule has 0 amide bonds. The molecule has 4 nitrogen and oxygen atoms in total. The normalized spacial score (nSPS) is 27.5. The second kappa shape index (κ2) is 6.04. The van der Waals surface area contributed by atoms with Crippen LogP contribution in [-0.4, -0.2) is 21.4 Å². The van der Waals surface area contributed by atoms with Crippen LogP contribution in [0.3, 0.4) is 0 Å². The summed E-state index contributed by atoms with van der Waals surface area (Å²) in [5, 5.41) is 14.0. The molecule has 1 aromatic rings. The summed E-state index contributed by atoms with van der Waals surface area (Å²) in [6.07, 6.45) is 4.41. The summed E-state index contributed by atoms with van der Waals surface area (Å²) >= 11 is 0. The third-order valence-corrected chi connectivity index (χ3v) is 4.28. The minimum absolute atomic E-state index is 0.0673. The topological polar surface area (TPSA) is 59.2 Å². The molecule has 4 atom stereocenters. The molecule has 108 valence electrons. The number of aromatic nitrogens is 2. The van der Waals surface area contributed by atoms with Crippen molar-refractivity contribution >= 4 is 0 Å². The summed E-state index contributed by atoms with van der Waals surface area (Å²) in [5.74, 6) is 2.84. The van der Waals surface area contributed by atoms with E-state index in [1.165, 1.54) is 12.8 Å². The fourth-order valence-corrected chi connectivity index (χ4v) is 3.27. The van der Waals surface area contributed by atoms with E-state index in [4.69, 9.17) is 4.52 Å². The van der Waals surface area contributed by atoms with Gasteiger partial charge in [0.25, 0.3) is 0 Å². The van der Waals surface area contributed by atoms with E-state index in [0.29, 0.717) is 17.7 Å². The van der Waals surface area contributed by atoms with Gasteiger partial charge in [-0.15, -0.1) is 0 Å². The van der Waals surface area contributed by atoms with Gasteiger partial charge >= 0.3 is 0 Å². The van der Waals surface area contributed by atoms with Crippen LogP contribution in [0.2, 0.25) is 0 Å². The van der Waals surface area contributed by atoms with Crippen molar-refractivity contribution in [3.8, 4) is 0 Å². The Morgan fingerprint density at radius 2 is 2.00 bits per heavy atom. The Hall–Kier alpha value is -0.900. The van der Waals surface area contributed by atoms with Crippen molar-refractivity contribution in [2.75, 3.05) is 0 Å². The molecule has 0 saturated heterocycles. The van der Waals surface area contributed by atoms with Gasteiger partial charge in [-0.05, 0) is 31.6 Å². The van der Waals surface area contributed by atoms with E-state index in [0.717, 1.165) is 24.6 Å². The smallest absolute Gasteiger partial charge is 0.232 e. The molecule has 1 heterocycles. The quantitative estimate of drug-likeness (QED) is 0.906. The number of aliphatic hydroxyl groups excluding tert-OH is 1. The first-order valence-electron chi connectivity index (χ1n) is 7.50. The molecule has 1 aliphatic rings. The Labute approximate surface area is 115 Å². The van der Waals surface area contributed by atoms with Gasteiger partial charge in [0.1, 0.15) is 0 Å². The third-order valence-electron chi connectivity index (χ3n) is 4.28. The SMILES string of the molecule is CC1CCCC(c2noc(C(C(C)C)C(C)O)n2)C1. The molecule has 1 aromatic heterocycles. The lowest BCUT2D eigenvalue weighted by atomic mass is 9.82. The third kappa shape index (κ3) is 3.35. The van der Waals surface area contributed by atoms with E-state index in [2.05, 4.69) is 30.9 Å². The van der Waals surface area contributed by atoms with Crippen LogP contribution < -0.4 is 0 Å². The van der Waals surface area contributed by atoms with Crippen LogP contribution >= 0.6 is 0 Å². The molecule has 19 heavy (non-hydrogen) atoms. The maximum atomic E-state index is 9.87. The van der Waals surface area contributed by atoms with Gasteiger partial charge in [0.15, 0.2) is 5.82 Å². The van der Waals surface area contributed by atoms with Crippen molar-refractivity contribution in [3.05, 3.63) is 11.7 Å². The highest BCUT2D eigenvalue weighted by Gasteiger charge is 2.30. The first-order chi connectivity index (χ1) is 8.99. The molecule has 1 saturated carbocycles. The summed E-state index contributed by atoms with van der Waals surface area (Å²) in [6.45, 7) is 8.23. The molecule has 4 heteroatoms. The van der Waals surface area contributed by atoms with Gasteiger partial charge in [-0.25, -0.2) is 0 Å². The van der Waals surface area contributed by atoms with Crippen LogP contribution in [0, 0.1) is 11.8 Å². The van der Waals surface area contributed by atoms with Crippen molar-refractivity contribution in [2.24, 2.45) is 11.8 Å². The summed E-state index contributed by atoms with van der Waals surface area (Å²) in [5.41, 5.74) is 0. The van der Waals surface area contributed by atoms with Gasteiger partial charge in [0.05, 0.1) is 12.0 Å². The van der Waals surface area contributed by atoms with E-state index in [-0.39, 0.29) is 5.92 Å². The zero-order valence-electron chi connectivity index (χ0n) is 12.5. The summed E-state index contributed by atoms with van der Waals surface area (Å²) in [6, 6.07) is 0. The fourth-order valence-electron chi connectivity index (χ4n) is 3.27. The lowest BCUT2D eigenvalue weighted by Crippen LogP contribution is -2.20. The lowest BCUT2D eigenvalue weighted by Gasteiger charge is -2.24. The minimum Gasteiger partial charge on any atom is -0.393 e. The average Bonchev–Trinajstić information content (AvgIpc) is 2.77. The Morgan fingerprint density at radius 1 is 1.26 bits per heavy atom. The van der Waals surface area contributed by atoms with Crippen molar-refractivity contribution in [1.29, 1.82) is 0 Å². The Morgan fingerprint density at radius 3 is 2.58 bits per heavy atom. The monoisotopic (exact) mass is 266 g/mol. The maximum Gasteiger partial charge on any atom is 0.232 e. The average molecular weight is 266 g/mol. The van der Waals surface area contributed by atoms with Gasteiger partial charge in [-0.3, -0.25) is 0 Å². The number of rotatable bonds is 4. The molecule has 1 aliphatic carbocycles. The molecule has 0 radical (unpaired) electrons. The number of nitrogens with zero attached hydrogens (tertiary/aromatic N) is 2. The largest absolute Gasteiger partial charge is 0.393 e. The standard InChI is InChI=1S/C15H26N2O2/c1-9(2)13(11(4)18)15-16-14(17-19-15)12-7-5-6-10(3)8-12/h9-13,18H,5-8H2,1-4H3. The van der Waals surface area contributed by atoms with Gasteiger partial charge in [0, 0.05) is 5.92 Å². The number of hydrogen-bond donors (Lipinski definition) is 1. The van der Waals surface area contributed by atoms with Gasteiger partial charge in [-0.1, -0.05) is 38.8 Å². The first-order valence-corrected chi connectivity index (χ1v) is 7.50. The van der Waals surface area contributed by atoms with Crippen molar-refractivity contribution in [1.82, 2.24) is 10.1 Å². The van der Waals surface area contributed by atoms with E-state index >= 15 is 0 Å². The molecule has 2 rings (SSSR count). The Balaban J connectivity index is 2.13. The van der Waals surface area contributed by atoms with Crippen LogP contribution in [0.1, 0.15) is 76.9 Å². The van der Waals surface area contributed by atoms with Gasteiger partial charge in [-0.2, -0.15) is 4.98 Å². The highest BCUT2D eigenvalue weighted by molar-refractivity contribution is 5.02. The molecule has 4 unspecified atom stereocenters. The van der Waals surface area contributed by atoms with Crippen LogP contribution in [0.25, 0.3) is 0 Å². The van der Waals surface area contributed by atoms with E-state index < -0.39 is 6.10 Å². The van der Waals surface area contributed by atoms with E-state index in [1.807, 2.05) is 0 Å². The van der Waals surface area contributed by atoms with Crippen LogP contribution in [0.4, 0.5) is 0 Å². The fraction of sp³-hybridized carbons (Fsp3) is 0.867. The van der Waals surface area contributed by atoms with Crippen molar-refractivity contribution in [3.63, 3.8) is 0 Å². The number of aliphatic hydroxyl groups is 1. The highest BCUT2D eigenvalue weighted by atomic mass is 16.5. The van der Waals surface area contributed by atoms with Crippen LogP contribution in [0.5, 0.6) is 0 Å². The lowest BCUT2D eigenvalue weighted by molar-refractivity contribution is 0.120. The molecule has 0 bridgehead atoms. The predicted molar refractivity (Wildman–Crippen MR) is 73.9 cm³/mol. The Kier molecular flexibility index (Phi) is 4.61. The minimum atomic E-state index is -0.460. The van der Waals surface area contributed by atoms with Crippen molar-refractivity contribution < 1.29 is 9.63 Å². The summed E-state index contributed by atoms with van der Waals surface area (Å²) < 4.78 is 5.42. The molecule has 0 aromatic carbocycles. The number of hydrogen-bond acceptors (Lipinski definition) is 4. The summed E-state index contributed by atoms with van der Waals surface area (Å²) in [7, 11) is 0.